The SMILES string of the molecule is Cc1c(C(Nc2ccc(C(=O)N(C)CCC(=O)O)cc2)C2CCCCC2)sc2cccnc12. The van der Waals surface area contributed by atoms with Crippen molar-refractivity contribution in [1.82, 2.24) is 9.88 Å². The number of aryl methyl sites for hydroxylation is 1. The minimum atomic E-state index is -0.908. The predicted octanol–water partition coefficient (Wildman–Crippen LogP) is 5.88. The van der Waals surface area contributed by atoms with Crippen LogP contribution in [0.2, 0.25) is 0 Å². The molecule has 33 heavy (non-hydrogen) atoms. The van der Waals surface area contributed by atoms with E-state index in [2.05, 4.69) is 23.3 Å². The fraction of sp³-hybridized carbons (Fsp3) is 0.423. The predicted molar refractivity (Wildman–Crippen MR) is 133 cm³/mol. The first-order valence-corrected chi connectivity index (χ1v) is 12.4. The van der Waals surface area contributed by atoms with Crippen molar-refractivity contribution in [3.63, 3.8) is 0 Å². The average molecular weight is 466 g/mol. The molecule has 2 heterocycles. The maximum Gasteiger partial charge on any atom is 0.305 e. The van der Waals surface area contributed by atoms with Crippen LogP contribution in [-0.2, 0) is 4.79 Å². The van der Waals surface area contributed by atoms with Gasteiger partial charge in [0.2, 0.25) is 0 Å². The Morgan fingerprint density at radius 3 is 2.58 bits per heavy atom. The van der Waals surface area contributed by atoms with E-state index in [1.165, 1.54) is 52.1 Å². The van der Waals surface area contributed by atoms with Gasteiger partial charge in [0.1, 0.15) is 0 Å². The smallest absolute Gasteiger partial charge is 0.305 e. The molecule has 174 valence electrons. The van der Waals surface area contributed by atoms with Crippen LogP contribution in [0.25, 0.3) is 10.2 Å². The van der Waals surface area contributed by atoms with Gasteiger partial charge in [-0.15, -0.1) is 11.3 Å². The average Bonchev–Trinajstić information content (AvgIpc) is 3.17. The van der Waals surface area contributed by atoms with Crippen molar-refractivity contribution in [3.8, 4) is 0 Å². The van der Waals surface area contributed by atoms with Crippen LogP contribution in [0, 0.1) is 12.8 Å². The summed E-state index contributed by atoms with van der Waals surface area (Å²) in [7, 11) is 1.63. The molecule has 4 rings (SSSR count). The Hall–Kier alpha value is -2.93. The van der Waals surface area contributed by atoms with Gasteiger partial charge in [-0.25, -0.2) is 0 Å². The van der Waals surface area contributed by atoms with E-state index in [9.17, 15) is 9.59 Å². The summed E-state index contributed by atoms with van der Waals surface area (Å²) < 4.78 is 1.22. The van der Waals surface area contributed by atoms with Crippen molar-refractivity contribution >= 4 is 39.1 Å². The van der Waals surface area contributed by atoms with Crippen LogP contribution in [-0.4, -0.2) is 40.5 Å². The number of nitrogens with zero attached hydrogens (tertiary/aromatic N) is 2. The lowest BCUT2D eigenvalue weighted by Gasteiger charge is -2.31. The Morgan fingerprint density at radius 2 is 1.91 bits per heavy atom. The lowest BCUT2D eigenvalue weighted by molar-refractivity contribution is -0.137. The van der Waals surface area contributed by atoms with Crippen molar-refractivity contribution in [3.05, 3.63) is 58.6 Å². The van der Waals surface area contributed by atoms with Gasteiger partial charge in [0.15, 0.2) is 0 Å². The molecular weight excluding hydrogens is 434 g/mol. The minimum Gasteiger partial charge on any atom is -0.481 e. The van der Waals surface area contributed by atoms with E-state index in [0.29, 0.717) is 11.5 Å². The Balaban J connectivity index is 1.55. The van der Waals surface area contributed by atoms with Crippen LogP contribution in [0.15, 0.2) is 42.6 Å². The highest BCUT2D eigenvalue weighted by molar-refractivity contribution is 7.19. The van der Waals surface area contributed by atoms with Gasteiger partial charge in [0, 0.05) is 35.9 Å². The van der Waals surface area contributed by atoms with Crippen molar-refractivity contribution < 1.29 is 14.7 Å². The Kier molecular flexibility index (Phi) is 7.28. The van der Waals surface area contributed by atoms with Gasteiger partial charge in [-0.3, -0.25) is 14.6 Å². The summed E-state index contributed by atoms with van der Waals surface area (Å²) in [6, 6.07) is 11.9. The van der Waals surface area contributed by atoms with Crippen LogP contribution >= 0.6 is 11.3 Å². The molecule has 2 aromatic heterocycles. The second kappa shape index (κ2) is 10.3. The highest BCUT2D eigenvalue weighted by Crippen LogP contribution is 2.43. The number of hydrogen-bond donors (Lipinski definition) is 2. The Bertz CT molecular complexity index is 1120. The number of rotatable bonds is 8. The van der Waals surface area contributed by atoms with E-state index in [1.807, 2.05) is 47.9 Å². The third-order valence-electron chi connectivity index (χ3n) is 6.58. The molecule has 1 amide bonds. The normalized spacial score (nSPS) is 15.3. The molecule has 0 radical (unpaired) electrons. The topological polar surface area (TPSA) is 82.5 Å². The fourth-order valence-corrected chi connectivity index (χ4v) is 6.02. The summed E-state index contributed by atoms with van der Waals surface area (Å²) in [4.78, 5) is 30.8. The van der Waals surface area contributed by atoms with E-state index in [1.54, 1.807) is 7.05 Å². The first kappa shape index (κ1) is 23.2. The molecule has 7 heteroatoms. The molecule has 1 unspecified atom stereocenters. The second-order valence-electron chi connectivity index (χ2n) is 8.91. The summed E-state index contributed by atoms with van der Waals surface area (Å²) in [6.07, 6.45) is 8.06. The summed E-state index contributed by atoms with van der Waals surface area (Å²) in [6.45, 7) is 2.37. The molecule has 1 aliphatic carbocycles. The molecular formula is C26H31N3O3S. The quantitative estimate of drug-likeness (QED) is 0.434. The Morgan fingerprint density at radius 1 is 1.18 bits per heavy atom. The molecule has 0 aliphatic heterocycles. The standard InChI is InChI=1S/C26H31N3O3S/c1-17-23-21(9-6-15-27-23)33-25(17)24(18-7-4-3-5-8-18)28-20-12-10-19(11-13-20)26(32)29(2)16-14-22(30)31/h6,9-13,15,18,24,28H,3-5,7-8,14,16H2,1-2H3,(H,30,31). The third-order valence-corrected chi connectivity index (χ3v) is 7.91. The zero-order valence-corrected chi connectivity index (χ0v) is 20.0. The molecule has 6 nitrogen and oxygen atoms in total. The van der Waals surface area contributed by atoms with Crippen molar-refractivity contribution in [2.75, 3.05) is 18.9 Å². The summed E-state index contributed by atoms with van der Waals surface area (Å²) >= 11 is 1.83. The summed E-state index contributed by atoms with van der Waals surface area (Å²) in [5, 5.41) is 12.6. The first-order valence-electron chi connectivity index (χ1n) is 11.6. The van der Waals surface area contributed by atoms with Crippen LogP contribution in [0.5, 0.6) is 0 Å². The molecule has 2 N–H and O–H groups in total. The number of aliphatic carboxylic acids is 1. The van der Waals surface area contributed by atoms with E-state index in [0.717, 1.165) is 11.2 Å². The van der Waals surface area contributed by atoms with Crippen molar-refractivity contribution in [2.24, 2.45) is 5.92 Å². The number of thiophene rings is 1. The number of aromatic nitrogens is 1. The third kappa shape index (κ3) is 5.36. The van der Waals surface area contributed by atoms with Crippen molar-refractivity contribution in [2.45, 2.75) is 51.5 Å². The van der Waals surface area contributed by atoms with Crippen LogP contribution in [0.4, 0.5) is 5.69 Å². The first-order chi connectivity index (χ1) is 15.9. The molecule has 1 saturated carbocycles. The maximum absolute atomic E-state index is 12.6. The number of fused-ring (bicyclic) bond motifs is 1. The van der Waals surface area contributed by atoms with Gasteiger partial charge in [-0.05, 0) is 67.6 Å². The van der Waals surface area contributed by atoms with Gasteiger partial charge in [0.05, 0.1) is 22.7 Å². The maximum atomic E-state index is 12.6. The molecule has 0 bridgehead atoms. The minimum absolute atomic E-state index is 0.0612. The number of carbonyl (C=O) groups is 2. The van der Waals surface area contributed by atoms with E-state index < -0.39 is 5.97 Å². The molecule has 0 saturated heterocycles. The molecule has 1 aromatic carbocycles. The number of carbonyl (C=O) groups excluding carboxylic acids is 1. The van der Waals surface area contributed by atoms with Crippen LogP contribution in [0.1, 0.15) is 65.4 Å². The summed E-state index contributed by atoms with van der Waals surface area (Å²) in [5.74, 6) is -0.512. The largest absolute Gasteiger partial charge is 0.481 e. The van der Waals surface area contributed by atoms with E-state index >= 15 is 0 Å². The number of benzene rings is 1. The molecule has 1 atom stereocenters. The second-order valence-corrected chi connectivity index (χ2v) is 9.99. The monoisotopic (exact) mass is 465 g/mol. The van der Waals surface area contributed by atoms with Gasteiger partial charge in [0.25, 0.3) is 5.91 Å². The lowest BCUT2D eigenvalue weighted by Crippen LogP contribution is -2.29. The number of nitrogens with one attached hydrogen (secondary N) is 1. The van der Waals surface area contributed by atoms with E-state index in [-0.39, 0.29) is 24.9 Å². The van der Waals surface area contributed by atoms with Crippen LogP contribution < -0.4 is 5.32 Å². The molecule has 3 aromatic rings. The lowest BCUT2D eigenvalue weighted by atomic mass is 9.82. The molecule has 1 aliphatic rings. The molecule has 0 spiro atoms. The van der Waals surface area contributed by atoms with Gasteiger partial charge < -0.3 is 15.3 Å². The fourth-order valence-electron chi connectivity index (χ4n) is 4.70. The van der Waals surface area contributed by atoms with Gasteiger partial charge in [-0.2, -0.15) is 0 Å². The van der Waals surface area contributed by atoms with Gasteiger partial charge in [-0.1, -0.05) is 19.3 Å². The number of hydrogen-bond acceptors (Lipinski definition) is 5. The number of pyridine rings is 1. The molecule has 1 fully saturated rings. The zero-order chi connectivity index (χ0) is 23.4. The zero-order valence-electron chi connectivity index (χ0n) is 19.2. The highest BCUT2D eigenvalue weighted by atomic mass is 32.1. The number of anilines is 1. The van der Waals surface area contributed by atoms with Crippen molar-refractivity contribution in [1.29, 1.82) is 0 Å². The number of carboxylic acid groups (broad SMARTS) is 1. The highest BCUT2D eigenvalue weighted by Gasteiger charge is 2.28. The number of amides is 1. The summed E-state index contributed by atoms with van der Waals surface area (Å²) in [5.41, 5.74) is 3.89. The Labute approximate surface area is 198 Å². The van der Waals surface area contributed by atoms with E-state index in [4.69, 9.17) is 5.11 Å². The van der Waals surface area contributed by atoms with Crippen LogP contribution in [0.3, 0.4) is 0 Å². The van der Waals surface area contributed by atoms with Gasteiger partial charge >= 0.3 is 5.97 Å². The number of carboxylic acids is 1.